The molecule has 0 saturated carbocycles. The van der Waals surface area contributed by atoms with E-state index in [9.17, 15) is 24.6 Å². The van der Waals surface area contributed by atoms with Gasteiger partial charge in [-0.05, 0) is 63.3 Å². The highest BCUT2D eigenvalue weighted by Gasteiger charge is 2.66. The van der Waals surface area contributed by atoms with E-state index in [1.54, 1.807) is 23.6 Å². The molecule has 3 fully saturated rings. The van der Waals surface area contributed by atoms with Gasteiger partial charge >= 0.3 is 0 Å². The number of anilines is 2. The average Bonchev–Trinajstić information content (AvgIpc) is 3.64. The van der Waals surface area contributed by atoms with Crippen LogP contribution in [0, 0.1) is 11.8 Å². The van der Waals surface area contributed by atoms with Crippen LogP contribution in [-0.4, -0.2) is 70.3 Å². The lowest BCUT2D eigenvalue weighted by Gasteiger charge is -2.34. The zero-order valence-electron chi connectivity index (χ0n) is 25.4. The molecule has 3 saturated heterocycles. The minimum absolute atomic E-state index is 0.0311. The van der Waals surface area contributed by atoms with Gasteiger partial charge in [-0.15, -0.1) is 0 Å². The van der Waals surface area contributed by atoms with E-state index in [0.29, 0.717) is 19.5 Å². The summed E-state index contributed by atoms with van der Waals surface area (Å²) in [7, 11) is 0. The van der Waals surface area contributed by atoms with Crippen LogP contribution in [0.5, 0.6) is 0 Å². The number of hydrogen-bond acceptors (Lipinski definition) is 6. The van der Waals surface area contributed by atoms with Crippen molar-refractivity contribution >= 4 is 29.1 Å². The fourth-order valence-corrected chi connectivity index (χ4v) is 8.07. The molecule has 2 N–H and O–H groups in total. The van der Waals surface area contributed by atoms with Crippen LogP contribution in [0.3, 0.4) is 0 Å². The van der Waals surface area contributed by atoms with Gasteiger partial charge in [0.25, 0.3) is 5.91 Å². The molecule has 0 unspecified atom stereocenters. The molecule has 4 aliphatic heterocycles. The fourth-order valence-electron chi connectivity index (χ4n) is 8.07. The Labute approximate surface area is 253 Å². The summed E-state index contributed by atoms with van der Waals surface area (Å²) in [6.45, 7) is 6.94. The first-order valence-corrected chi connectivity index (χ1v) is 15.7. The summed E-state index contributed by atoms with van der Waals surface area (Å²) < 4.78 is 6.77. The number of aliphatic hydroxyl groups is 2. The molecule has 0 aromatic heterocycles. The van der Waals surface area contributed by atoms with Crippen molar-refractivity contribution in [1.29, 1.82) is 0 Å². The predicted octanol–water partition coefficient (Wildman–Crippen LogP) is 3.74. The molecule has 0 bridgehead atoms. The molecule has 230 valence electrons. The number of hydrogen-bond donors (Lipinski definition) is 2. The van der Waals surface area contributed by atoms with Gasteiger partial charge < -0.3 is 29.6 Å². The summed E-state index contributed by atoms with van der Waals surface area (Å²) in [5, 5.41) is 21.2. The summed E-state index contributed by atoms with van der Waals surface area (Å²) in [4.78, 5) is 45.8. The number of fused-ring (bicyclic) bond motifs is 2. The molecule has 4 heterocycles. The third-order valence-corrected chi connectivity index (χ3v) is 10.1. The lowest BCUT2D eigenvalue weighted by molar-refractivity contribution is -0.150. The molecule has 6 rings (SSSR count). The Balaban J connectivity index is 1.29. The van der Waals surface area contributed by atoms with E-state index < -0.39 is 29.1 Å². The molecule has 9 heteroatoms. The SMILES string of the molecule is C[C@@H]1[C@@H](C(C)(C)O)[C@H](CC(=O)N2CCC[C@H]2CO)O[C@@]12C(=O)N(Cc1ccc(N3CCCCC3=O)cc1)c1ccccc12. The van der Waals surface area contributed by atoms with Crippen LogP contribution >= 0.6 is 0 Å². The minimum Gasteiger partial charge on any atom is -0.394 e. The zero-order valence-corrected chi connectivity index (χ0v) is 25.4. The third-order valence-electron chi connectivity index (χ3n) is 10.1. The van der Waals surface area contributed by atoms with Crippen molar-refractivity contribution < 1.29 is 29.3 Å². The maximum atomic E-state index is 14.6. The minimum atomic E-state index is -1.34. The number of amides is 3. The van der Waals surface area contributed by atoms with Crippen molar-refractivity contribution in [3.8, 4) is 0 Å². The molecule has 43 heavy (non-hydrogen) atoms. The number of aliphatic hydroxyl groups excluding tert-OH is 1. The van der Waals surface area contributed by atoms with E-state index in [-0.39, 0.29) is 36.8 Å². The van der Waals surface area contributed by atoms with E-state index in [2.05, 4.69) is 0 Å². The second-order valence-corrected chi connectivity index (χ2v) is 13.2. The second kappa shape index (κ2) is 11.3. The van der Waals surface area contributed by atoms with Crippen molar-refractivity contribution in [2.45, 2.75) is 89.2 Å². The molecule has 0 radical (unpaired) electrons. The van der Waals surface area contributed by atoms with Gasteiger partial charge in [0.15, 0.2) is 5.60 Å². The Morgan fingerprint density at radius 1 is 1.05 bits per heavy atom. The molecular weight excluding hydrogens is 546 g/mol. The summed E-state index contributed by atoms with van der Waals surface area (Å²) in [5.74, 6) is -1.07. The summed E-state index contributed by atoms with van der Waals surface area (Å²) >= 11 is 0. The maximum absolute atomic E-state index is 14.6. The Hall–Kier alpha value is -3.27. The average molecular weight is 590 g/mol. The van der Waals surface area contributed by atoms with Crippen molar-refractivity contribution in [1.82, 2.24) is 4.90 Å². The fraction of sp³-hybridized carbons (Fsp3) is 0.559. The molecule has 0 aliphatic carbocycles. The lowest BCUT2D eigenvalue weighted by atomic mass is 9.71. The zero-order chi connectivity index (χ0) is 30.5. The van der Waals surface area contributed by atoms with Crippen LogP contribution in [0.15, 0.2) is 48.5 Å². The van der Waals surface area contributed by atoms with Crippen LogP contribution in [0.2, 0.25) is 0 Å². The number of carbonyl (C=O) groups is 3. The Morgan fingerprint density at radius 2 is 1.79 bits per heavy atom. The monoisotopic (exact) mass is 589 g/mol. The van der Waals surface area contributed by atoms with Crippen LogP contribution in [0.25, 0.3) is 0 Å². The molecule has 4 aliphatic rings. The Morgan fingerprint density at radius 3 is 2.49 bits per heavy atom. The van der Waals surface area contributed by atoms with Crippen LogP contribution < -0.4 is 9.80 Å². The number of carbonyl (C=O) groups excluding carboxylic acids is 3. The number of ether oxygens (including phenoxy) is 1. The van der Waals surface area contributed by atoms with Gasteiger partial charge in [0.05, 0.1) is 43.0 Å². The highest BCUT2D eigenvalue weighted by molar-refractivity contribution is 6.07. The lowest BCUT2D eigenvalue weighted by Crippen LogP contribution is -2.46. The van der Waals surface area contributed by atoms with Gasteiger partial charge in [0, 0.05) is 42.6 Å². The number of nitrogens with zero attached hydrogens (tertiary/aromatic N) is 3. The van der Waals surface area contributed by atoms with E-state index in [4.69, 9.17) is 4.74 Å². The standard InChI is InChI=1S/C34H43N3O6/c1-22-31(33(2,3)42)28(19-30(40)36-18-8-9-25(36)21-38)43-34(22)26-10-4-5-11-27(26)37(32(34)41)20-23-13-15-24(16-14-23)35-17-7-6-12-29(35)39/h4-5,10-11,13-16,22,25,28,31,38,42H,6-9,12,17-21H2,1-3H3/t22-,25+,28+,31-,34+/m1/s1. The highest BCUT2D eigenvalue weighted by atomic mass is 16.5. The molecule has 9 nitrogen and oxygen atoms in total. The summed E-state index contributed by atoms with van der Waals surface area (Å²) in [5.41, 5.74) is 0.757. The molecular formula is C34H43N3O6. The number of benzene rings is 2. The van der Waals surface area contributed by atoms with Gasteiger partial charge in [-0.25, -0.2) is 0 Å². The van der Waals surface area contributed by atoms with Crippen molar-refractivity contribution in [3.63, 3.8) is 0 Å². The molecule has 2 aromatic carbocycles. The first-order chi connectivity index (χ1) is 20.6. The molecule has 3 amide bonds. The maximum Gasteiger partial charge on any atom is 0.264 e. The summed E-state index contributed by atoms with van der Waals surface area (Å²) in [6, 6.07) is 15.3. The molecule has 1 spiro atoms. The quantitative estimate of drug-likeness (QED) is 0.509. The normalized spacial score (nSPS) is 29.2. The highest BCUT2D eigenvalue weighted by Crippen LogP contribution is 2.58. The topological polar surface area (TPSA) is 111 Å². The van der Waals surface area contributed by atoms with Gasteiger partial charge in [-0.1, -0.05) is 37.3 Å². The predicted molar refractivity (Wildman–Crippen MR) is 162 cm³/mol. The third kappa shape index (κ3) is 5.05. The van der Waals surface area contributed by atoms with E-state index in [1.807, 2.05) is 60.4 Å². The Kier molecular flexibility index (Phi) is 7.85. The smallest absolute Gasteiger partial charge is 0.264 e. The van der Waals surface area contributed by atoms with Gasteiger partial charge in [0.1, 0.15) is 0 Å². The first-order valence-electron chi connectivity index (χ1n) is 15.7. The number of likely N-dealkylation sites (tertiary alicyclic amines) is 1. The van der Waals surface area contributed by atoms with Crippen LogP contribution in [-0.2, 0) is 31.3 Å². The van der Waals surface area contributed by atoms with Gasteiger partial charge in [0.2, 0.25) is 11.8 Å². The van der Waals surface area contributed by atoms with Crippen molar-refractivity contribution in [2.24, 2.45) is 11.8 Å². The number of para-hydroxylation sites is 1. The Bertz CT molecular complexity index is 1390. The van der Waals surface area contributed by atoms with Gasteiger partial charge in [-0.2, -0.15) is 0 Å². The van der Waals surface area contributed by atoms with Gasteiger partial charge in [-0.3, -0.25) is 14.4 Å². The summed E-state index contributed by atoms with van der Waals surface area (Å²) in [6.07, 6.45) is 3.44. The van der Waals surface area contributed by atoms with E-state index >= 15 is 0 Å². The van der Waals surface area contributed by atoms with Crippen molar-refractivity contribution in [3.05, 3.63) is 59.7 Å². The first kappa shape index (κ1) is 29.8. The number of piperidine rings is 1. The van der Waals surface area contributed by atoms with Crippen molar-refractivity contribution in [2.75, 3.05) is 29.5 Å². The molecule has 5 atom stereocenters. The molecule has 2 aromatic rings. The number of rotatable bonds is 7. The van der Waals surface area contributed by atoms with Crippen LogP contribution in [0.4, 0.5) is 11.4 Å². The second-order valence-electron chi connectivity index (χ2n) is 13.2. The van der Waals surface area contributed by atoms with Crippen LogP contribution in [0.1, 0.15) is 70.4 Å². The van der Waals surface area contributed by atoms with E-state index in [1.165, 1.54) is 0 Å². The van der Waals surface area contributed by atoms with E-state index in [0.717, 1.165) is 54.7 Å². The largest absolute Gasteiger partial charge is 0.394 e.